The lowest BCUT2D eigenvalue weighted by Crippen LogP contribution is -2.58. The Morgan fingerprint density at radius 3 is 2.14 bits per heavy atom. The summed E-state index contributed by atoms with van der Waals surface area (Å²) in [7, 11) is 2.16. The predicted molar refractivity (Wildman–Crippen MR) is 85.2 cm³/mol. The molecule has 0 bridgehead atoms. The second kappa shape index (κ2) is 5.57. The zero-order valence-corrected chi connectivity index (χ0v) is 13.8. The van der Waals surface area contributed by atoms with Crippen LogP contribution in [0.25, 0.3) is 0 Å². The molecule has 7 heteroatoms. The van der Waals surface area contributed by atoms with Crippen LogP contribution in [0.3, 0.4) is 0 Å². The van der Waals surface area contributed by atoms with Crippen molar-refractivity contribution >= 4 is 23.5 Å². The molecule has 2 aliphatic heterocycles. The molecule has 0 unspecified atom stereocenters. The maximum Gasteiger partial charge on any atom is 0.231 e. The van der Waals surface area contributed by atoms with Crippen LogP contribution in [0.15, 0.2) is 0 Å². The molecule has 0 aliphatic carbocycles. The molecule has 2 saturated heterocycles. The normalized spacial score (nSPS) is 22.9. The molecule has 2 aliphatic rings. The third kappa shape index (κ3) is 3.06. The van der Waals surface area contributed by atoms with E-state index in [9.17, 15) is 0 Å². The summed E-state index contributed by atoms with van der Waals surface area (Å²) in [5.74, 6) is 1.43. The van der Waals surface area contributed by atoms with Gasteiger partial charge in [0.25, 0.3) is 0 Å². The molecule has 0 saturated carbocycles. The van der Waals surface area contributed by atoms with Crippen LogP contribution >= 0.6 is 11.6 Å². The van der Waals surface area contributed by atoms with E-state index < -0.39 is 0 Å². The van der Waals surface area contributed by atoms with Crippen LogP contribution in [0.2, 0.25) is 5.28 Å². The fourth-order valence-corrected chi connectivity index (χ4v) is 3.09. The van der Waals surface area contributed by atoms with Gasteiger partial charge in [0.1, 0.15) is 0 Å². The molecule has 116 valence electrons. The molecule has 3 heterocycles. The fourth-order valence-electron chi connectivity index (χ4n) is 2.94. The zero-order valence-electron chi connectivity index (χ0n) is 13.0. The predicted octanol–water partition coefficient (Wildman–Crippen LogP) is 1.66. The van der Waals surface area contributed by atoms with Crippen LogP contribution in [0.5, 0.6) is 0 Å². The highest BCUT2D eigenvalue weighted by Gasteiger charge is 2.32. The summed E-state index contributed by atoms with van der Waals surface area (Å²) in [6, 6.07) is 0. The monoisotopic (exact) mass is 310 g/mol. The molecule has 1 aromatic heterocycles. The first-order valence-electron chi connectivity index (χ1n) is 7.58. The lowest BCUT2D eigenvalue weighted by molar-refractivity contribution is 0.138. The smallest absolute Gasteiger partial charge is 0.231 e. The van der Waals surface area contributed by atoms with Crippen molar-refractivity contribution < 1.29 is 0 Å². The van der Waals surface area contributed by atoms with Gasteiger partial charge in [0.2, 0.25) is 17.2 Å². The van der Waals surface area contributed by atoms with Gasteiger partial charge in [-0.1, -0.05) is 0 Å². The second-order valence-corrected chi connectivity index (χ2v) is 6.89. The molecule has 0 spiro atoms. The highest BCUT2D eigenvalue weighted by atomic mass is 35.5. The van der Waals surface area contributed by atoms with E-state index in [4.69, 9.17) is 11.6 Å². The van der Waals surface area contributed by atoms with Crippen LogP contribution in [-0.2, 0) is 0 Å². The number of piperazine rings is 1. The minimum atomic E-state index is 0.102. The highest BCUT2D eigenvalue weighted by Crippen LogP contribution is 2.25. The molecule has 0 radical (unpaired) electrons. The van der Waals surface area contributed by atoms with Gasteiger partial charge in [-0.15, -0.1) is 0 Å². The Hall–Kier alpha value is -1.14. The van der Waals surface area contributed by atoms with Crippen LogP contribution in [-0.4, -0.2) is 65.2 Å². The molecule has 0 amide bonds. The van der Waals surface area contributed by atoms with E-state index in [0.29, 0.717) is 11.2 Å². The van der Waals surface area contributed by atoms with Crippen molar-refractivity contribution in [3.05, 3.63) is 5.28 Å². The average molecular weight is 311 g/mol. The number of hydrogen-bond acceptors (Lipinski definition) is 6. The number of halogens is 1. The molecule has 0 atom stereocenters. The van der Waals surface area contributed by atoms with E-state index in [1.807, 2.05) is 0 Å². The number of likely N-dealkylation sites (N-methyl/N-ethyl adjacent to an activating group) is 1. The quantitative estimate of drug-likeness (QED) is 0.828. The summed E-state index contributed by atoms with van der Waals surface area (Å²) >= 11 is 6.12. The van der Waals surface area contributed by atoms with Crippen LogP contribution in [0, 0.1) is 0 Å². The van der Waals surface area contributed by atoms with Crippen molar-refractivity contribution in [3.63, 3.8) is 0 Å². The van der Waals surface area contributed by atoms with Crippen LogP contribution in [0.4, 0.5) is 11.9 Å². The lowest BCUT2D eigenvalue weighted by Gasteiger charge is -2.45. The molecule has 2 fully saturated rings. The van der Waals surface area contributed by atoms with E-state index in [-0.39, 0.29) is 5.54 Å². The first-order valence-corrected chi connectivity index (χ1v) is 7.96. The number of rotatable bonds is 2. The molecular formula is C14H23ClN6. The fraction of sp³-hybridized carbons (Fsp3) is 0.786. The molecule has 21 heavy (non-hydrogen) atoms. The van der Waals surface area contributed by atoms with E-state index in [2.05, 4.69) is 50.5 Å². The Labute approximate surface area is 131 Å². The summed E-state index contributed by atoms with van der Waals surface area (Å²) in [5, 5.41) is 0.290. The van der Waals surface area contributed by atoms with E-state index in [1.54, 1.807) is 0 Å². The Morgan fingerprint density at radius 1 is 0.905 bits per heavy atom. The Balaban J connectivity index is 1.85. The molecule has 3 rings (SSSR count). The van der Waals surface area contributed by atoms with E-state index >= 15 is 0 Å². The topological polar surface area (TPSA) is 48.4 Å². The van der Waals surface area contributed by atoms with Gasteiger partial charge in [-0.25, -0.2) is 0 Å². The van der Waals surface area contributed by atoms with Crippen molar-refractivity contribution in [2.75, 3.05) is 49.6 Å². The SMILES string of the molecule is CN1CCN(c2nc(Cl)nc(N3CCCC3)n2)CC1(C)C. The summed E-state index contributed by atoms with van der Waals surface area (Å²) in [5.41, 5.74) is 0.102. The minimum absolute atomic E-state index is 0.102. The van der Waals surface area contributed by atoms with Gasteiger partial charge in [0.15, 0.2) is 0 Å². The number of nitrogens with zero attached hydrogens (tertiary/aromatic N) is 6. The maximum absolute atomic E-state index is 6.12. The average Bonchev–Trinajstić information content (AvgIpc) is 2.95. The molecular weight excluding hydrogens is 288 g/mol. The van der Waals surface area contributed by atoms with Gasteiger partial charge in [-0.2, -0.15) is 15.0 Å². The highest BCUT2D eigenvalue weighted by molar-refractivity contribution is 6.28. The summed E-state index contributed by atoms with van der Waals surface area (Å²) in [6.07, 6.45) is 2.39. The van der Waals surface area contributed by atoms with Gasteiger partial charge in [-0.05, 0) is 45.3 Å². The number of aromatic nitrogens is 3. The van der Waals surface area contributed by atoms with Crippen molar-refractivity contribution in [1.29, 1.82) is 0 Å². The standard InChI is InChI=1S/C14H23ClN6/c1-14(2)10-21(9-8-19(14)3)13-17-11(15)16-12(18-13)20-6-4-5-7-20/h4-10H2,1-3H3. The summed E-state index contributed by atoms with van der Waals surface area (Å²) in [4.78, 5) is 20.1. The summed E-state index contributed by atoms with van der Waals surface area (Å²) < 4.78 is 0. The third-order valence-electron chi connectivity index (χ3n) is 4.57. The molecule has 0 N–H and O–H groups in total. The van der Waals surface area contributed by atoms with Gasteiger partial charge < -0.3 is 9.80 Å². The summed E-state index contributed by atoms with van der Waals surface area (Å²) in [6.45, 7) is 9.30. The molecule has 0 aromatic carbocycles. The van der Waals surface area contributed by atoms with Crippen molar-refractivity contribution in [2.24, 2.45) is 0 Å². The lowest BCUT2D eigenvalue weighted by atomic mass is 10.0. The largest absolute Gasteiger partial charge is 0.341 e. The molecule has 6 nitrogen and oxygen atoms in total. The zero-order chi connectivity index (χ0) is 15.0. The van der Waals surface area contributed by atoms with Crippen molar-refractivity contribution in [2.45, 2.75) is 32.2 Å². The van der Waals surface area contributed by atoms with Gasteiger partial charge in [0.05, 0.1) is 0 Å². The first-order chi connectivity index (χ1) is 9.95. The van der Waals surface area contributed by atoms with Gasteiger partial charge in [-0.3, -0.25) is 4.90 Å². The number of anilines is 2. The van der Waals surface area contributed by atoms with Crippen molar-refractivity contribution in [1.82, 2.24) is 19.9 Å². The Bertz CT molecular complexity index is 514. The van der Waals surface area contributed by atoms with Crippen molar-refractivity contribution in [3.8, 4) is 0 Å². The van der Waals surface area contributed by atoms with E-state index in [0.717, 1.165) is 38.7 Å². The Morgan fingerprint density at radius 2 is 1.52 bits per heavy atom. The minimum Gasteiger partial charge on any atom is -0.341 e. The second-order valence-electron chi connectivity index (χ2n) is 6.55. The van der Waals surface area contributed by atoms with Gasteiger partial charge >= 0.3 is 0 Å². The van der Waals surface area contributed by atoms with Crippen LogP contribution < -0.4 is 9.80 Å². The van der Waals surface area contributed by atoms with Crippen LogP contribution in [0.1, 0.15) is 26.7 Å². The first kappa shape index (κ1) is 14.8. The molecule has 1 aromatic rings. The maximum atomic E-state index is 6.12. The number of hydrogen-bond donors (Lipinski definition) is 0. The third-order valence-corrected chi connectivity index (χ3v) is 4.74. The van der Waals surface area contributed by atoms with Gasteiger partial charge in [0, 0.05) is 38.3 Å². The Kier molecular flexibility index (Phi) is 3.92. The van der Waals surface area contributed by atoms with E-state index in [1.165, 1.54) is 12.8 Å².